The van der Waals surface area contributed by atoms with E-state index in [4.69, 9.17) is 43.6 Å². The van der Waals surface area contributed by atoms with Crippen molar-refractivity contribution < 1.29 is 21.9 Å². The summed E-state index contributed by atoms with van der Waals surface area (Å²) in [4.78, 5) is 0. The highest BCUT2D eigenvalue weighted by molar-refractivity contribution is 7.76. The van der Waals surface area contributed by atoms with E-state index in [1.807, 2.05) is 0 Å². The number of para-hydroxylation sites is 1. The number of nitrogens with two attached hydrogens (primary N) is 1. The van der Waals surface area contributed by atoms with E-state index in [0.29, 0.717) is 27.0 Å². The summed E-state index contributed by atoms with van der Waals surface area (Å²) in [5.74, 6) is 0. The second kappa shape index (κ2) is 10.9. The van der Waals surface area contributed by atoms with Crippen molar-refractivity contribution in [3.05, 3.63) is 93.6 Å². The van der Waals surface area contributed by atoms with Crippen LogP contribution in [0.5, 0.6) is 0 Å². The van der Waals surface area contributed by atoms with Gasteiger partial charge >= 0.3 is 6.18 Å². The van der Waals surface area contributed by atoms with Crippen molar-refractivity contribution in [2.45, 2.75) is 6.18 Å². The first kappa shape index (κ1) is 26.2. The molecule has 178 valence electrons. The van der Waals surface area contributed by atoms with Gasteiger partial charge in [-0.15, -0.1) is 0 Å². The van der Waals surface area contributed by atoms with Crippen molar-refractivity contribution >= 4 is 46.1 Å². The van der Waals surface area contributed by atoms with Crippen LogP contribution in [0.4, 0.5) is 13.2 Å². The van der Waals surface area contributed by atoms with Crippen LogP contribution >= 0.6 is 34.8 Å². The summed E-state index contributed by atoms with van der Waals surface area (Å²) in [5, 5.41) is 8.72. The van der Waals surface area contributed by atoms with E-state index in [2.05, 4.69) is 10.2 Å². The zero-order chi connectivity index (χ0) is 25.0. The predicted molar refractivity (Wildman–Crippen MR) is 128 cm³/mol. The van der Waals surface area contributed by atoms with Gasteiger partial charge in [0.1, 0.15) is 0 Å². The summed E-state index contributed by atoms with van der Waals surface area (Å²) in [5.41, 5.74) is 2.02. The molecule has 1 aromatic heterocycles. The molecule has 0 fully saturated rings. The van der Waals surface area contributed by atoms with Crippen molar-refractivity contribution in [3.8, 4) is 28.1 Å². The summed E-state index contributed by atoms with van der Waals surface area (Å²) in [6, 6.07) is 20.1. The highest BCUT2D eigenvalue weighted by Gasteiger charge is 2.35. The molecule has 12 heteroatoms. The number of benzene rings is 3. The molecule has 34 heavy (non-hydrogen) atoms. The molecule has 0 radical (unpaired) electrons. The van der Waals surface area contributed by atoms with E-state index in [9.17, 15) is 13.2 Å². The minimum Gasteiger partial charge on any atom is -0.760 e. The largest absolute Gasteiger partial charge is 0.760 e. The number of hydrogen-bond acceptors (Lipinski definition) is 3. The lowest BCUT2D eigenvalue weighted by molar-refractivity contribution is -0.141. The van der Waals surface area contributed by atoms with Crippen LogP contribution in [-0.2, 0) is 17.4 Å². The minimum atomic E-state index is -4.55. The molecular weight excluding hydrogens is 534 g/mol. The van der Waals surface area contributed by atoms with Crippen LogP contribution in [-0.4, -0.2) is 18.5 Å². The first-order valence-corrected chi connectivity index (χ1v) is 11.6. The molecule has 1 unspecified atom stereocenters. The maximum atomic E-state index is 13.3. The second-order valence-electron chi connectivity index (χ2n) is 6.75. The van der Waals surface area contributed by atoms with Gasteiger partial charge in [0.05, 0.1) is 26.4 Å². The average molecular weight is 548 g/mol. The van der Waals surface area contributed by atoms with E-state index in [1.54, 1.807) is 66.7 Å². The molecule has 0 aliphatic rings. The zero-order valence-corrected chi connectivity index (χ0v) is 20.0. The highest BCUT2D eigenvalue weighted by Crippen LogP contribution is 2.37. The van der Waals surface area contributed by atoms with Gasteiger partial charge in [-0.3, -0.25) is 9.35 Å². The van der Waals surface area contributed by atoms with Gasteiger partial charge < -0.3 is 4.55 Å². The molecular formula is C22H14Cl3F3N3O2S-. The molecule has 4 rings (SSSR count). The monoisotopic (exact) mass is 546 g/mol. The molecule has 4 aromatic rings. The SMILES string of the molecule is FC(F)(F)c1cc(-c2ccc(-c3cc(Cl)c(Cl)c(Cl)c3)cc2)n(-c2ccccc2)n1.NS(=O)[O-]. The van der Waals surface area contributed by atoms with E-state index in [-0.39, 0.29) is 5.02 Å². The summed E-state index contributed by atoms with van der Waals surface area (Å²) in [6.07, 6.45) is -4.55. The highest BCUT2D eigenvalue weighted by atomic mass is 35.5. The van der Waals surface area contributed by atoms with Crippen LogP contribution in [0, 0.1) is 0 Å². The number of nitrogens with zero attached hydrogens (tertiary/aromatic N) is 2. The number of hydrogen-bond donors (Lipinski definition) is 1. The molecule has 5 nitrogen and oxygen atoms in total. The average Bonchev–Trinajstić information content (AvgIpc) is 3.24. The zero-order valence-electron chi connectivity index (χ0n) is 16.9. The van der Waals surface area contributed by atoms with Gasteiger partial charge in [-0.1, -0.05) is 77.3 Å². The number of alkyl halides is 3. The maximum absolute atomic E-state index is 13.3. The quantitative estimate of drug-likeness (QED) is 0.223. The normalized spacial score (nSPS) is 12.1. The molecule has 0 aliphatic carbocycles. The van der Waals surface area contributed by atoms with Crippen LogP contribution in [0.1, 0.15) is 5.69 Å². The van der Waals surface area contributed by atoms with Gasteiger partial charge in [0.25, 0.3) is 0 Å². The van der Waals surface area contributed by atoms with Gasteiger partial charge in [-0.25, -0.2) is 4.68 Å². The Morgan fingerprint density at radius 2 is 1.35 bits per heavy atom. The topological polar surface area (TPSA) is 84.0 Å². The lowest BCUT2D eigenvalue weighted by Gasteiger charge is -2.09. The van der Waals surface area contributed by atoms with Gasteiger partial charge in [0.15, 0.2) is 5.69 Å². The Morgan fingerprint density at radius 1 is 0.853 bits per heavy atom. The molecule has 0 saturated carbocycles. The molecule has 1 heterocycles. The Hall–Kier alpha value is -2.40. The van der Waals surface area contributed by atoms with E-state index in [0.717, 1.165) is 17.2 Å². The Balaban J connectivity index is 0.000000751. The molecule has 0 saturated heterocycles. The number of aromatic nitrogens is 2. The summed E-state index contributed by atoms with van der Waals surface area (Å²) in [6.45, 7) is 0. The first-order valence-electron chi connectivity index (χ1n) is 9.29. The molecule has 0 amide bonds. The van der Waals surface area contributed by atoms with Crippen molar-refractivity contribution in [2.75, 3.05) is 0 Å². The third kappa shape index (κ3) is 6.38. The van der Waals surface area contributed by atoms with Gasteiger partial charge in [-0.2, -0.15) is 18.3 Å². The fourth-order valence-electron chi connectivity index (χ4n) is 3.05. The van der Waals surface area contributed by atoms with Gasteiger partial charge in [0, 0.05) is 16.8 Å². The van der Waals surface area contributed by atoms with Gasteiger partial charge in [-0.05, 0) is 41.5 Å². The van der Waals surface area contributed by atoms with Crippen molar-refractivity contribution in [1.29, 1.82) is 0 Å². The van der Waals surface area contributed by atoms with Crippen molar-refractivity contribution in [2.24, 2.45) is 5.14 Å². The lowest BCUT2D eigenvalue weighted by Crippen LogP contribution is -2.07. The van der Waals surface area contributed by atoms with Gasteiger partial charge in [0.2, 0.25) is 0 Å². The molecule has 0 aliphatic heterocycles. The van der Waals surface area contributed by atoms with E-state index < -0.39 is 23.1 Å². The molecule has 0 spiro atoms. The fourth-order valence-corrected chi connectivity index (χ4v) is 3.64. The van der Waals surface area contributed by atoms with Crippen molar-refractivity contribution in [3.63, 3.8) is 0 Å². The van der Waals surface area contributed by atoms with E-state index in [1.165, 1.54) is 4.68 Å². The molecule has 1 atom stereocenters. The smallest absolute Gasteiger partial charge is 0.435 e. The van der Waals surface area contributed by atoms with E-state index >= 15 is 0 Å². The fraction of sp³-hybridized carbons (Fsp3) is 0.0455. The summed E-state index contributed by atoms with van der Waals surface area (Å²) in [7, 11) is 0. The third-order valence-corrected chi connectivity index (χ3v) is 5.70. The lowest BCUT2D eigenvalue weighted by atomic mass is 10.0. The van der Waals surface area contributed by atoms with Crippen LogP contribution in [0.3, 0.4) is 0 Å². The first-order chi connectivity index (χ1) is 16.0. The number of halogens is 6. The van der Waals surface area contributed by atoms with Crippen LogP contribution in [0.15, 0.2) is 72.8 Å². The maximum Gasteiger partial charge on any atom is 0.435 e. The summed E-state index contributed by atoms with van der Waals surface area (Å²) >= 11 is 15.8. The minimum absolute atomic E-state index is 0.269. The Labute approximate surface area is 210 Å². The Morgan fingerprint density at radius 3 is 1.85 bits per heavy atom. The Kier molecular flexibility index (Phi) is 8.40. The molecule has 2 N–H and O–H groups in total. The van der Waals surface area contributed by atoms with Crippen LogP contribution in [0.25, 0.3) is 28.1 Å². The third-order valence-electron chi connectivity index (χ3n) is 4.50. The Bertz CT molecular complexity index is 1290. The second-order valence-corrected chi connectivity index (χ2v) is 8.46. The predicted octanol–water partition coefficient (Wildman–Crippen LogP) is 6.92. The van der Waals surface area contributed by atoms with Crippen LogP contribution in [0.2, 0.25) is 15.1 Å². The number of rotatable bonds is 3. The van der Waals surface area contributed by atoms with Crippen LogP contribution < -0.4 is 5.14 Å². The molecule has 3 aromatic carbocycles. The summed E-state index contributed by atoms with van der Waals surface area (Å²) < 4.78 is 58.7. The molecule has 0 bridgehead atoms. The van der Waals surface area contributed by atoms with Crippen molar-refractivity contribution in [1.82, 2.24) is 9.78 Å². The standard InChI is InChI=1S/C22H12Cl3F3N2.H3NO2S/c23-17-10-15(11-18(24)21(17)25)13-6-8-14(9-7-13)19-12-20(22(26,27)28)29-30(19)16-4-2-1-3-5-16;1-4(2)3/h1-12H;1H2,(H,2,3)/p-1.